The van der Waals surface area contributed by atoms with Gasteiger partial charge in [0.2, 0.25) is 5.91 Å². The summed E-state index contributed by atoms with van der Waals surface area (Å²) in [4.78, 5) is 23.0. The molecule has 0 unspecified atom stereocenters. The molecule has 1 aromatic carbocycles. The van der Waals surface area contributed by atoms with Crippen LogP contribution in [0.4, 0.5) is 5.82 Å². The number of likely N-dealkylation sites (tertiary alicyclic amines) is 1. The molecule has 2 aromatic rings. The molecule has 7 nitrogen and oxygen atoms in total. The van der Waals surface area contributed by atoms with E-state index in [2.05, 4.69) is 26.7 Å². The first-order valence-corrected chi connectivity index (χ1v) is 8.88. The van der Waals surface area contributed by atoms with Crippen molar-refractivity contribution in [1.29, 1.82) is 5.26 Å². The molecule has 1 aliphatic rings. The molecular weight excluding hydrogens is 328 g/mol. The monoisotopic (exact) mass is 352 g/mol. The standard InChI is InChI=1S/C19H24N6O/c1-19(2,23-12-18(26)25-9-5-6-14(25)10-20)13-22-17-11-21-15-7-3-4-8-16(15)24-17/h3-4,7-8,11,14,23H,5-6,9,12-13H2,1-2H3,(H,22,24)/t14-/m0/s1. The summed E-state index contributed by atoms with van der Waals surface area (Å²) >= 11 is 0. The van der Waals surface area contributed by atoms with Crippen LogP contribution in [-0.4, -0.2) is 52.0 Å². The number of carbonyl (C=O) groups excluding carboxylic acids is 1. The van der Waals surface area contributed by atoms with Gasteiger partial charge in [0.15, 0.2) is 0 Å². The molecule has 1 aliphatic heterocycles. The number of rotatable bonds is 6. The Labute approximate surface area is 153 Å². The predicted octanol–water partition coefficient (Wildman–Crippen LogP) is 1.92. The lowest BCUT2D eigenvalue weighted by atomic mass is 10.1. The maximum atomic E-state index is 12.4. The summed E-state index contributed by atoms with van der Waals surface area (Å²) in [5, 5.41) is 15.7. The van der Waals surface area contributed by atoms with Crippen molar-refractivity contribution in [2.75, 3.05) is 25.0 Å². The zero-order valence-electron chi connectivity index (χ0n) is 15.2. The Morgan fingerprint density at radius 2 is 2.15 bits per heavy atom. The number of hydrogen-bond acceptors (Lipinski definition) is 6. The van der Waals surface area contributed by atoms with Crippen molar-refractivity contribution in [2.24, 2.45) is 0 Å². The third-order valence-electron chi connectivity index (χ3n) is 4.60. The molecule has 3 rings (SSSR count). The zero-order valence-corrected chi connectivity index (χ0v) is 15.2. The minimum atomic E-state index is -0.315. The van der Waals surface area contributed by atoms with E-state index in [1.165, 1.54) is 0 Å². The number of nitrogens with one attached hydrogen (secondary N) is 2. The van der Waals surface area contributed by atoms with Gasteiger partial charge in [-0.05, 0) is 38.8 Å². The lowest BCUT2D eigenvalue weighted by Crippen LogP contribution is -2.50. The van der Waals surface area contributed by atoms with Crippen LogP contribution in [0, 0.1) is 11.3 Å². The van der Waals surface area contributed by atoms with E-state index in [-0.39, 0.29) is 24.0 Å². The number of hydrogen-bond donors (Lipinski definition) is 2. The third-order valence-corrected chi connectivity index (χ3v) is 4.60. The maximum absolute atomic E-state index is 12.4. The number of anilines is 1. The maximum Gasteiger partial charge on any atom is 0.237 e. The lowest BCUT2D eigenvalue weighted by molar-refractivity contribution is -0.130. The predicted molar refractivity (Wildman–Crippen MR) is 100 cm³/mol. The number of carbonyl (C=O) groups is 1. The van der Waals surface area contributed by atoms with Crippen LogP contribution < -0.4 is 10.6 Å². The smallest absolute Gasteiger partial charge is 0.237 e. The second-order valence-electron chi connectivity index (χ2n) is 7.21. The molecule has 136 valence electrons. The van der Waals surface area contributed by atoms with Crippen LogP contribution in [0.15, 0.2) is 30.5 Å². The van der Waals surface area contributed by atoms with Crippen molar-refractivity contribution in [2.45, 2.75) is 38.3 Å². The molecule has 0 saturated carbocycles. The lowest BCUT2D eigenvalue weighted by Gasteiger charge is -2.28. The van der Waals surface area contributed by atoms with Crippen LogP contribution in [0.25, 0.3) is 11.0 Å². The van der Waals surface area contributed by atoms with Gasteiger partial charge in [0.25, 0.3) is 0 Å². The fourth-order valence-electron chi connectivity index (χ4n) is 3.03. The molecule has 0 aliphatic carbocycles. The van der Waals surface area contributed by atoms with Crippen molar-refractivity contribution >= 4 is 22.8 Å². The van der Waals surface area contributed by atoms with Crippen LogP contribution in [0.1, 0.15) is 26.7 Å². The van der Waals surface area contributed by atoms with Crippen molar-refractivity contribution in [3.63, 3.8) is 0 Å². The third kappa shape index (κ3) is 4.27. The van der Waals surface area contributed by atoms with Gasteiger partial charge in [0.1, 0.15) is 11.9 Å². The average molecular weight is 352 g/mol. The van der Waals surface area contributed by atoms with Gasteiger partial charge < -0.3 is 15.5 Å². The van der Waals surface area contributed by atoms with Gasteiger partial charge in [-0.25, -0.2) is 4.98 Å². The fourth-order valence-corrected chi connectivity index (χ4v) is 3.03. The largest absolute Gasteiger partial charge is 0.367 e. The van der Waals surface area contributed by atoms with Crippen molar-refractivity contribution < 1.29 is 4.79 Å². The van der Waals surface area contributed by atoms with Crippen LogP contribution in [0.2, 0.25) is 0 Å². The normalized spacial score (nSPS) is 17.3. The van der Waals surface area contributed by atoms with Gasteiger partial charge in [0, 0.05) is 18.6 Å². The van der Waals surface area contributed by atoms with Gasteiger partial charge >= 0.3 is 0 Å². The molecule has 1 fully saturated rings. The van der Waals surface area contributed by atoms with E-state index in [0.29, 0.717) is 18.9 Å². The number of aromatic nitrogens is 2. The van der Waals surface area contributed by atoms with Gasteiger partial charge in [-0.1, -0.05) is 12.1 Å². The highest BCUT2D eigenvalue weighted by molar-refractivity contribution is 5.79. The first-order chi connectivity index (χ1) is 12.5. The van der Waals surface area contributed by atoms with Gasteiger partial charge in [-0.3, -0.25) is 9.78 Å². The number of nitriles is 1. The minimum Gasteiger partial charge on any atom is -0.367 e. The Bertz CT molecular complexity index is 828. The summed E-state index contributed by atoms with van der Waals surface area (Å²) in [6, 6.07) is 9.65. The second-order valence-corrected chi connectivity index (χ2v) is 7.21. The van der Waals surface area contributed by atoms with E-state index in [1.54, 1.807) is 11.1 Å². The van der Waals surface area contributed by atoms with Gasteiger partial charge in [-0.2, -0.15) is 5.26 Å². The quantitative estimate of drug-likeness (QED) is 0.825. The molecule has 0 radical (unpaired) electrons. The second kappa shape index (κ2) is 7.67. The van der Waals surface area contributed by atoms with Gasteiger partial charge in [0.05, 0.1) is 29.8 Å². The molecule has 1 saturated heterocycles. The summed E-state index contributed by atoms with van der Waals surface area (Å²) in [7, 11) is 0. The number of nitrogens with zero attached hydrogens (tertiary/aromatic N) is 4. The Hall–Kier alpha value is -2.72. The van der Waals surface area contributed by atoms with Crippen LogP contribution in [0.5, 0.6) is 0 Å². The highest BCUT2D eigenvalue weighted by atomic mass is 16.2. The molecule has 2 N–H and O–H groups in total. The number of para-hydroxylation sites is 2. The fraction of sp³-hybridized carbons (Fsp3) is 0.474. The van der Waals surface area contributed by atoms with Crippen molar-refractivity contribution in [3.05, 3.63) is 30.5 Å². The summed E-state index contributed by atoms with van der Waals surface area (Å²) in [5.74, 6) is 0.682. The summed E-state index contributed by atoms with van der Waals surface area (Å²) in [5.41, 5.74) is 1.39. The van der Waals surface area contributed by atoms with E-state index < -0.39 is 0 Å². The summed E-state index contributed by atoms with van der Waals surface area (Å²) in [6.07, 6.45) is 3.38. The minimum absolute atomic E-state index is 0.0207. The molecular formula is C19H24N6O. The van der Waals surface area contributed by atoms with E-state index in [0.717, 1.165) is 23.9 Å². The molecule has 0 bridgehead atoms. The molecule has 0 spiro atoms. The molecule has 7 heteroatoms. The highest BCUT2D eigenvalue weighted by Crippen LogP contribution is 2.16. The number of amides is 1. The van der Waals surface area contributed by atoms with E-state index in [1.807, 2.05) is 38.1 Å². The molecule has 26 heavy (non-hydrogen) atoms. The topological polar surface area (TPSA) is 93.9 Å². The number of fused-ring (bicyclic) bond motifs is 1. The van der Waals surface area contributed by atoms with Crippen LogP contribution in [-0.2, 0) is 4.79 Å². The Morgan fingerprint density at radius 1 is 1.38 bits per heavy atom. The zero-order chi connectivity index (χ0) is 18.6. The highest BCUT2D eigenvalue weighted by Gasteiger charge is 2.29. The first-order valence-electron chi connectivity index (χ1n) is 8.88. The van der Waals surface area contributed by atoms with Crippen molar-refractivity contribution in [1.82, 2.24) is 20.2 Å². The van der Waals surface area contributed by atoms with Crippen molar-refractivity contribution in [3.8, 4) is 6.07 Å². The van der Waals surface area contributed by atoms with Crippen LogP contribution in [0.3, 0.4) is 0 Å². The Balaban J connectivity index is 1.53. The summed E-state index contributed by atoms with van der Waals surface area (Å²) in [6.45, 7) is 5.52. The summed E-state index contributed by atoms with van der Waals surface area (Å²) < 4.78 is 0. The van der Waals surface area contributed by atoms with E-state index >= 15 is 0 Å². The molecule has 1 aromatic heterocycles. The Morgan fingerprint density at radius 3 is 2.92 bits per heavy atom. The van der Waals surface area contributed by atoms with E-state index in [9.17, 15) is 4.79 Å². The average Bonchev–Trinajstić information content (AvgIpc) is 3.13. The molecule has 1 amide bonds. The molecule has 2 heterocycles. The Kier molecular flexibility index (Phi) is 5.33. The van der Waals surface area contributed by atoms with Crippen LogP contribution >= 0.6 is 0 Å². The number of benzene rings is 1. The van der Waals surface area contributed by atoms with E-state index in [4.69, 9.17) is 5.26 Å². The first kappa shape index (κ1) is 18.1. The SMILES string of the molecule is CC(C)(CNc1cnc2ccccc2n1)NCC(=O)N1CCC[C@H]1C#N. The molecule has 1 atom stereocenters. The van der Waals surface area contributed by atoms with Gasteiger partial charge in [-0.15, -0.1) is 0 Å².